The monoisotopic (exact) mass is 498 g/mol. The van der Waals surface area contributed by atoms with E-state index in [0.29, 0.717) is 34.7 Å². The van der Waals surface area contributed by atoms with E-state index in [1.165, 1.54) is 19.1 Å². The van der Waals surface area contributed by atoms with Gasteiger partial charge in [-0.05, 0) is 62.4 Å². The molecule has 184 valence electrons. The average Bonchev–Trinajstić information content (AvgIpc) is 2.83. The number of anilines is 1. The molecular weight excluding hydrogens is 471 g/mol. The Bertz CT molecular complexity index is 1210. The highest BCUT2D eigenvalue weighted by Crippen LogP contribution is 2.34. The van der Waals surface area contributed by atoms with Crippen molar-refractivity contribution in [2.24, 2.45) is 0 Å². The molecule has 2 atom stereocenters. The molecule has 1 heterocycles. The van der Waals surface area contributed by atoms with Crippen molar-refractivity contribution >= 4 is 23.3 Å². The largest absolute Gasteiger partial charge is 0.393 e. The molecule has 9 heteroatoms. The van der Waals surface area contributed by atoms with Gasteiger partial charge in [-0.25, -0.2) is 14.4 Å². The first-order chi connectivity index (χ1) is 16.7. The summed E-state index contributed by atoms with van der Waals surface area (Å²) in [5.41, 5.74) is 7.98. The van der Waals surface area contributed by atoms with Crippen LogP contribution in [0.15, 0.2) is 48.7 Å². The standard InChI is InChI=1S/C26H28ClFN4O3/c1-14(33)23(16-3-2-4-18(27)11-16)32-26(35)20-10-7-17(12-21(20)28)24-25(29)30-13-22(31-24)15-5-8-19(34)9-6-15/h2-4,7,10-15,19,23,33-34H,5-6,8-9H2,1H3,(H2,29,30)(H,32,35). The molecule has 0 spiro atoms. The molecule has 5 N–H and O–H groups in total. The molecule has 3 aromatic rings. The van der Waals surface area contributed by atoms with Crippen LogP contribution in [0.4, 0.5) is 10.2 Å². The smallest absolute Gasteiger partial charge is 0.254 e. The number of aliphatic hydroxyl groups excluding tert-OH is 2. The third-order valence-electron chi connectivity index (χ3n) is 6.40. The highest BCUT2D eigenvalue weighted by atomic mass is 35.5. The Kier molecular flexibility index (Phi) is 7.64. The van der Waals surface area contributed by atoms with Crippen molar-refractivity contribution in [3.8, 4) is 11.3 Å². The van der Waals surface area contributed by atoms with Gasteiger partial charge in [0, 0.05) is 16.5 Å². The highest BCUT2D eigenvalue weighted by Gasteiger charge is 2.25. The molecule has 1 aliphatic rings. The summed E-state index contributed by atoms with van der Waals surface area (Å²) in [6.45, 7) is 1.53. The zero-order valence-electron chi connectivity index (χ0n) is 19.3. The number of halogens is 2. The number of nitrogens with one attached hydrogen (secondary N) is 1. The van der Waals surface area contributed by atoms with Gasteiger partial charge in [-0.15, -0.1) is 0 Å². The molecule has 0 saturated heterocycles. The topological polar surface area (TPSA) is 121 Å². The quantitative estimate of drug-likeness (QED) is 0.400. The summed E-state index contributed by atoms with van der Waals surface area (Å²) in [5, 5.41) is 23.1. The summed E-state index contributed by atoms with van der Waals surface area (Å²) in [6, 6.07) is 10.1. The van der Waals surface area contributed by atoms with Crippen molar-refractivity contribution in [1.82, 2.24) is 15.3 Å². The van der Waals surface area contributed by atoms with E-state index in [-0.39, 0.29) is 23.4 Å². The average molecular weight is 499 g/mol. The number of carbonyl (C=O) groups is 1. The Morgan fingerprint density at radius 1 is 1.20 bits per heavy atom. The molecule has 1 amide bonds. The SMILES string of the molecule is CC(O)C(NC(=O)c1ccc(-c2nc(C3CCC(O)CC3)cnc2N)cc1F)c1cccc(Cl)c1. The summed E-state index contributed by atoms with van der Waals surface area (Å²) in [6.07, 6.45) is 3.41. The minimum atomic E-state index is -0.932. The molecule has 0 aliphatic heterocycles. The van der Waals surface area contributed by atoms with E-state index in [1.54, 1.807) is 36.5 Å². The molecule has 35 heavy (non-hydrogen) atoms. The van der Waals surface area contributed by atoms with Gasteiger partial charge in [0.2, 0.25) is 0 Å². The lowest BCUT2D eigenvalue weighted by Crippen LogP contribution is -2.35. The van der Waals surface area contributed by atoms with Crippen molar-refractivity contribution in [3.63, 3.8) is 0 Å². The fraction of sp³-hybridized carbons (Fsp3) is 0.346. The van der Waals surface area contributed by atoms with E-state index >= 15 is 4.39 Å². The van der Waals surface area contributed by atoms with Crippen LogP contribution in [0, 0.1) is 5.82 Å². The molecule has 1 fully saturated rings. The van der Waals surface area contributed by atoms with Crippen molar-refractivity contribution in [2.75, 3.05) is 5.73 Å². The zero-order valence-corrected chi connectivity index (χ0v) is 20.0. The number of nitrogens with two attached hydrogens (primary N) is 1. The van der Waals surface area contributed by atoms with E-state index in [0.717, 1.165) is 18.5 Å². The molecule has 7 nitrogen and oxygen atoms in total. The molecule has 4 rings (SSSR count). The van der Waals surface area contributed by atoms with E-state index in [2.05, 4.69) is 15.3 Å². The van der Waals surface area contributed by atoms with Crippen LogP contribution in [0.5, 0.6) is 0 Å². The van der Waals surface area contributed by atoms with Gasteiger partial charge >= 0.3 is 0 Å². The molecule has 1 saturated carbocycles. The normalized spacial score (nSPS) is 19.7. The summed E-state index contributed by atoms with van der Waals surface area (Å²) < 4.78 is 15.1. The van der Waals surface area contributed by atoms with Crippen LogP contribution < -0.4 is 11.1 Å². The molecule has 2 aromatic carbocycles. The Morgan fingerprint density at radius 3 is 2.60 bits per heavy atom. The number of hydrogen-bond donors (Lipinski definition) is 4. The van der Waals surface area contributed by atoms with Gasteiger partial charge in [0.25, 0.3) is 5.91 Å². The number of aromatic nitrogens is 2. The number of rotatable bonds is 6. The van der Waals surface area contributed by atoms with Gasteiger partial charge in [-0.2, -0.15) is 0 Å². The predicted octanol–water partition coefficient (Wildman–Crippen LogP) is 4.39. The summed E-state index contributed by atoms with van der Waals surface area (Å²) in [7, 11) is 0. The van der Waals surface area contributed by atoms with E-state index in [4.69, 9.17) is 17.3 Å². The first-order valence-electron chi connectivity index (χ1n) is 11.6. The Labute approximate surface area is 208 Å². The van der Waals surface area contributed by atoms with Crippen LogP contribution in [0.1, 0.15) is 66.2 Å². The number of nitrogen functional groups attached to an aromatic ring is 1. The van der Waals surface area contributed by atoms with Crippen molar-refractivity contribution in [2.45, 2.75) is 56.8 Å². The summed E-state index contributed by atoms with van der Waals surface area (Å²) in [4.78, 5) is 21.8. The summed E-state index contributed by atoms with van der Waals surface area (Å²) >= 11 is 6.04. The molecular formula is C26H28ClFN4O3. The van der Waals surface area contributed by atoms with Crippen LogP contribution in [0.25, 0.3) is 11.3 Å². The molecule has 0 bridgehead atoms. The number of carbonyl (C=O) groups excluding carboxylic acids is 1. The molecule has 2 unspecified atom stereocenters. The lowest BCUT2D eigenvalue weighted by atomic mass is 9.85. The van der Waals surface area contributed by atoms with Crippen LogP contribution in [-0.4, -0.2) is 38.3 Å². The maximum atomic E-state index is 15.1. The van der Waals surface area contributed by atoms with Gasteiger partial charge in [-0.1, -0.05) is 29.8 Å². The third kappa shape index (κ3) is 5.78. The van der Waals surface area contributed by atoms with Crippen LogP contribution in [-0.2, 0) is 0 Å². The van der Waals surface area contributed by atoms with Gasteiger partial charge in [0.1, 0.15) is 17.3 Å². The Balaban J connectivity index is 1.56. The first-order valence-corrected chi connectivity index (χ1v) is 12.0. The van der Waals surface area contributed by atoms with Gasteiger partial charge in [-0.3, -0.25) is 4.79 Å². The molecule has 1 aromatic heterocycles. The fourth-order valence-corrected chi connectivity index (χ4v) is 4.64. The second kappa shape index (κ2) is 10.7. The number of nitrogens with zero attached hydrogens (tertiary/aromatic N) is 2. The van der Waals surface area contributed by atoms with Crippen molar-refractivity contribution in [1.29, 1.82) is 0 Å². The lowest BCUT2D eigenvalue weighted by Gasteiger charge is -2.25. The van der Waals surface area contributed by atoms with Gasteiger partial charge < -0.3 is 21.3 Å². The van der Waals surface area contributed by atoms with Gasteiger partial charge in [0.15, 0.2) is 0 Å². The number of hydrogen-bond acceptors (Lipinski definition) is 6. The minimum Gasteiger partial charge on any atom is -0.393 e. The maximum absolute atomic E-state index is 15.1. The van der Waals surface area contributed by atoms with Crippen molar-refractivity contribution < 1.29 is 19.4 Å². The van der Waals surface area contributed by atoms with E-state index in [1.807, 2.05) is 0 Å². The second-order valence-electron chi connectivity index (χ2n) is 8.98. The van der Waals surface area contributed by atoms with Crippen molar-refractivity contribution in [3.05, 3.63) is 76.3 Å². The Morgan fingerprint density at radius 2 is 1.94 bits per heavy atom. The number of amides is 1. The first kappa shape index (κ1) is 25.0. The maximum Gasteiger partial charge on any atom is 0.254 e. The third-order valence-corrected chi connectivity index (χ3v) is 6.63. The fourth-order valence-electron chi connectivity index (χ4n) is 4.44. The van der Waals surface area contributed by atoms with Crippen LogP contribution in [0.3, 0.4) is 0 Å². The summed E-state index contributed by atoms with van der Waals surface area (Å²) in [5.74, 6) is -1.10. The highest BCUT2D eigenvalue weighted by molar-refractivity contribution is 6.30. The van der Waals surface area contributed by atoms with E-state index < -0.39 is 23.9 Å². The second-order valence-corrected chi connectivity index (χ2v) is 9.41. The Hall–Kier alpha value is -3.07. The van der Waals surface area contributed by atoms with Gasteiger partial charge in [0.05, 0.1) is 35.7 Å². The minimum absolute atomic E-state index is 0.157. The van der Waals surface area contributed by atoms with Crippen LogP contribution in [0.2, 0.25) is 5.02 Å². The molecule has 1 aliphatic carbocycles. The lowest BCUT2D eigenvalue weighted by molar-refractivity contribution is 0.0854. The zero-order chi connectivity index (χ0) is 25.1. The predicted molar refractivity (Wildman–Crippen MR) is 132 cm³/mol. The van der Waals surface area contributed by atoms with Crippen LogP contribution >= 0.6 is 11.6 Å². The number of aliphatic hydroxyl groups is 2. The van der Waals surface area contributed by atoms with E-state index in [9.17, 15) is 15.0 Å². The number of benzene rings is 2. The molecule has 0 radical (unpaired) electrons.